The van der Waals surface area contributed by atoms with Gasteiger partial charge in [0.05, 0.1) is 12.6 Å². The molecule has 0 unspecified atom stereocenters. The number of carbonyl (C=O) groups excluding carboxylic acids is 1. The summed E-state index contributed by atoms with van der Waals surface area (Å²) in [4.78, 5) is 14.2. The Balaban J connectivity index is 1.49. The molecule has 1 fully saturated rings. The number of piperidine rings is 1. The maximum Gasteiger partial charge on any atom is 0.573 e. The second-order valence-electron chi connectivity index (χ2n) is 6.58. The molecule has 1 aliphatic heterocycles. The molecule has 0 spiro atoms. The molecule has 0 aliphatic carbocycles. The Hall–Kier alpha value is -2.59. The van der Waals surface area contributed by atoms with E-state index >= 15 is 0 Å². The van der Waals surface area contributed by atoms with Crippen LogP contribution in [-0.4, -0.2) is 46.6 Å². The van der Waals surface area contributed by atoms with E-state index in [4.69, 9.17) is 4.52 Å². The summed E-state index contributed by atoms with van der Waals surface area (Å²) in [6.07, 6.45) is -3.42. The summed E-state index contributed by atoms with van der Waals surface area (Å²) in [6.45, 7) is 1.97. The minimum Gasteiger partial charge on any atom is -0.406 e. The van der Waals surface area contributed by atoms with Gasteiger partial charge in [-0.05, 0) is 37.1 Å². The van der Waals surface area contributed by atoms with Crippen molar-refractivity contribution in [2.75, 3.05) is 13.1 Å². The first kappa shape index (κ1) is 20.2. The van der Waals surface area contributed by atoms with Crippen molar-refractivity contribution in [1.29, 1.82) is 0 Å². The normalized spacial score (nSPS) is 18.1. The van der Waals surface area contributed by atoms with Crippen LogP contribution in [0.3, 0.4) is 0 Å². The molecule has 0 saturated carbocycles. The number of hydrogen-bond donors (Lipinski definition) is 2. The number of aliphatic hydroxyl groups is 1. The summed E-state index contributed by atoms with van der Waals surface area (Å²) in [5.41, 5.74) is 0.721. The van der Waals surface area contributed by atoms with Crippen LogP contribution in [-0.2, 0) is 13.1 Å². The highest BCUT2D eigenvalue weighted by Crippen LogP contribution is 2.22. The number of alkyl halides is 3. The molecular weight excluding hydrogens is 379 g/mol. The van der Waals surface area contributed by atoms with Gasteiger partial charge >= 0.3 is 6.36 Å². The summed E-state index contributed by atoms with van der Waals surface area (Å²) in [6, 6.07) is 6.75. The molecule has 7 nitrogen and oxygen atoms in total. The molecule has 0 bridgehead atoms. The van der Waals surface area contributed by atoms with Crippen LogP contribution in [0.4, 0.5) is 13.2 Å². The Morgan fingerprint density at radius 2 is 2.11 bits per heavy atom. The number of halogens is 3. The lowest BCUT2D eigenvalue weighted by atomic mass is 10.1. The number of likely N-dealkylation sites (tertiary alicyclic amines) is 1. The van der Waals surface area contributed by atoms with E-state index in [0.717, 1.165) is 19.4 Å². The van der Waals surface area contributed by atoms with Crippen LogP contribution in [0.25, 0.3) is 0 Å². The van der Waals surface area contributed by atoms with Gasteiger partial charge in [-0.1, -0.05) is 17.3 Å². The second kappa shape index (κ2) is 8.61. The summed E-state index contributed by atoms with van der Waals surface area (Å²) in [7, 11) is 0. The first-order valence-corrected chi connectivity index (χ1v) is 8.77. The molecule has 2 heterocycles. The van der Waals surface area contributed by atoms with E-state index in [1.807, 2.05) is 4.90 Å². The minimum absolute atomic E-state index is 0.115. The summed E-state index contributed by atoms with van der Waals surface area (Å²) < 4.78 is 45.4. The van der Waals surface area contributed by atoms with Crippen molar-refractivity contribution in [1.82, 2.24) is 15.4 Å². The maximum atomic E-state index is 12.2. The summed E-state index contributed by atoms with van der Waals surface area (Å²) >= 11 is 0. The molecular formula is C18H20F3N3O4. The van der Waals surface area contributed by atoms with Crippen molar-refractivity contribution in [3.05, 3.63) is 47.3 Å². The summed E-state index contributed by atoms with van der Waals surface area (Å²) in [5, 5.41) is 16.1. The lowest BCUT2D eigenvalue weighted by Crippen LogP contribution is -2.37. The molecule has 2 aromatic rings. The number of hydrogen-bond acceptors (Lipinski definition) is 6. The number of nitrogens with zero attached hydrogens (tertiary/aromatic N) is 2. The molecule has 152 valence electrons. The van der Waals surface area contributed by atoms with Crippen LogP contribution in [0.15, 0.2) is 34.9 Å². The van der Waals surface area contributed by atoms with E-state index in [2.05, 4.69) is 15.2 Å². The van der Waals surface area contributed by atoms with E-state index < -0.39 is 12.3 Å². The third-order valence-corrected chi connectivity index (χ3v) is 4.26. The number of aliphatic hydroxyl groups excluding tert-OH is 1. The van der Waals surface area contributed by atoms with Crippen LogP contribution in [0.2, 0.25) is 0 Å². The van der Waals surface area contributed by atoms with Gasteiger partial charge in [0.15, 0.2) is 11.5 Å². The first-order valence-electron chi connectivity index (χ1n) is 8.77. The Morgan fingerprint density at radius 3 is 2.79 bits per heavy atom. The number of aromatic nitrogens is 1. The van der Waals surface area contributed by atoms with E-state index in [1.54, 1.807) is 0 Å². The largest absolute Gasteiger partial charge is 0.573 e. The molecule has 3 rings (SSSR count). The molecule has 0 radical (unpaired) electrons. The lowest BCUT2D eigenvalue weighted by Gasteiger charge is -2.28. The average molecular weight is 399 g/mol. The standard InChI is InChI=1S/C18H20F3N3O4/c19-18(20,21)27-14-5-3-12(4-6-14)9-22-17(26)16-8-15(28-23-16)11-24-7-1-2-13(25)10-24/h3-6,8,13,25H,1-2,7,9-11H2,(H,22,26)/t13-/m1/s1. The monoisotopic (exact) mass is 399 g/mol. The molecule has 10 heteroatoms. The van der Waals surface area contributed by atoms with Gasteiger partial charge in [0.25, 0.3) is 5.91 Å². The van der Waals surface area contributed by atoms with Gasteiger partial charge in [-0.2, -0.15) is 0 Å². The van der Waals surface area contributed by atoms with E-state index in [-0.39, 0.29) is 24.1 Å². The number of rotatable bonds is 6. The van der Waals surface area contributed by atoms with Crippen LogP contribution in [0.5, 0.6) is 5.75 Å². The molecule has 1 atom stereocenters. The quantitative estimate of drug-likeness (QED) is 0.776. The fraction of sp³-hybridized carbons (Fsp3) is 0.444. The zero-order valence-electron chi connectivity index (χ0n) is 14.9. The Morgan fingerprint density at radius 1 is 1.36 bits per heavy atom. The Kier molecular flexibility index (Phi) is 6.20. The maximum absolute atomic E-state index is 12.2. The zero-order valence-corrected chi connectivity index (χ0v) is 14.9. The molecule has 1 aromatic carbocycles. The number of nitrogens with one attached hydrogen (secondary N) is 1. The fourth-order valence-electron chi connectivity index (χ4n) is 2.97. The molecule has 1 aromatic heterocycles. The Labute approximate surface area is 159 Å². The van der Waals surface area contributed by atoms with Crippen molar-refractivity contribution in [2.24, 2.45) is 0 Å². The fourth-order valence-corrected chi connectivity index (χ4v) is 2.97. The SMILES string of the molecule is O=C(NCc1ccc(OC(F)(F)F)cc1)c1cc(CN2CCC[C@@H](O)C2)on1. The number of carbonyl (C=O) groups is 1. The van der Waals surface area contributed by atoms with Crippen molar-refractivity contribution < 1.29 is 32.3 Å². The molecule has 1 saturated heterocycles. The number of benzene rings is 1. The third-order valence-electron chi connectivity index (χ3n) is 4.26. The topological polar surface area (TPSA) is 87.8 Å². The minimum atomic E-state index is -4.74. The van der Waals surface area contributed by atoms with Gasteiger partial charge in [-0.25, -0.2) is 0 Å². The van der Waals surface area contributed by atoms with Gasteiger partial charge in [0, 0.05) is 19.2 Å². The van der Waals surface area contributed by atoms with E-state index in [1.165, 1.54) is 30.3 Å². The predicted molar refractivity (Wildman–Crippen MR) is 91.3 cm³/mol. The van der Waals surface area contributed by atoms with Crippen LogP contribution >= 0.6 is 0 Å². The van der Waals surface area contributed by atoms with Crippen LogP contribution in [0.1, 0.15) is 34.7 Å². The molecule has 1 amide bonds. The molecule has 1 aliphatic rings. The Bertz CT molecular complexity index is 792. The van der Waals surface area contributed by atoms with E-state index in [9.17, 15) is 23.1 Å². The van der Waals surface area contributed by atoms with Gasteiger partial charge in [-0.15, -0.1) is 13.2 Å². The second-order valence-corrected chi connectivity index (χ2v) is 6.58. The first-order chi connectivity index (χ1) is 13.3. The van der Waals surface area contributed by atoms with Crippen molar-refractivity contribution in [2.45, 2.75) is 38.4 Å². The van der Waals surface area contributed by atoms with Crippen molar-refractivity contribution in [3.63, 3.8) is 0 Å². The number of amides is 1. The van der Waals surface area contributed by atoms with Gasteiger partial charge in [0.2, 0.25) is 0 Å². The van der Waals surface area contributed by atoms with Crippen LogP contribution < -0.4 is 10.1 Å². The average Bonchev–Trinajstić information content (AvgIpc) is 3.08. The molecule has 28 heavy (non-hydrogen) atoms. The van der Waals surface area contributed by atoms with Crippen LogP contribution in [0, 0.1) is 0 Å². The smallest absolute Gasteiger partial charge is 0.406 e. The highest BCUT2D eigenvalue weighted by Gasteiger charge is 2.31. The predicted octanol–water partition coefficient (Wildman–Crippen LogP) is 2.46. The van der Waals surface area contributed by atoms with E-state index in [0.29, 0.717) is 24.4 Å². The lowest BCUT2D eigenvalue weighted by molar-refractivity contribution is -0.274. The number of β-amino-alcohol motifs (C(OH)–C–C–N with tert-alkyl or cyclic N) is 1. The summed E-state index contributed by atoms with van der Waals surface area (Å²) in [5.74, 6) is -0.260. The van der Waals surface area contributed by atoms with Gasteiger partial charge < -0.3 is 19.7 Å². The van der Waals surface area contributed by atoms with Crippen molar-refractivity contribution >= 4 is 5.91 Å². The highest BCUT2D eigenvalue weighted by molar-refractivity contribution is 5.92. The van der Waals surface area contributed by atoms with Gasteiger partial charge in [-0.3, -0.25) is 9.69 Å². The van der Waals surface area contributed by atoms with Crippen molar-refractivity contribution in [3.8, 4) is 5.75 Å². The zero-order chi connectivity index (χ0) is 20.1. The number of ether oxygens (including phenoxy) is 1. The van der Waals surface area contributed by atoms with Gasteiger partial charge in [0.1, 0.15) is 5.75 Å². The third kappa shape index (κ3) is 5.96. The molecule has 2 N–H and O–H groups in total. The highest BCUT2D eigenvalue weighted by atomic mass is 19.4.